The molecule has 0 saturated carbocycles. The van der Waals surface area contributed by atoms with Crippen molar-refractivity contribution in [3.63, 3.8) is 0 Å². The van der Waals surface area contributed by atoms with Crippen molar-refractivity contribution in [2.45, 2.75) is 6.04 Å². The third-order valence-electron chi connectivity index (χ3n) is 4.01. The van der Waals surface area contributed by atoms with Crippen LogP contribution in [0.25, 0.3) is 5.70 Å². The minimum absolute atomic E-state index is 0.318. The van der Waals surface area contributed by atoms with Gasteiger partial charge < -0.3 is 10.1 Å². The number of hydrogen-bond donors (Lipinski definition) is 1. The van der Waals surface area contributed by atoms with Crippen LogP contribution < -0.4 is 10.1 Å². The van der Waals surface area contributed by atoms with Crippen molar-refractivity contribution in [1.29, 1.82) is 0 Å². The minimum Gasteiger partial charge on any atom is -0.497 e. The van der Waals surface area contributed by atoms with Gasteiger partial charge in [0.25, 0.3) is 0 Å². The van der Waals surface area contributed by atoms with Crippen molar-refractivity contribution in [1.82, 2.24) is 20.2 Å². The molecule has 1 aromatic heterocycles. The molecule has 4 rings (SSSR count). The topological polar surface area (TPSA) is 64.9 Å². The number of fused-ring (bicyclic) bond motifs is 1. The fourth-order valence-electron chi connectivity index (χ4n) is 2.76. The lowest BCUT2D eigenvalue weighted by Gasteiger charge is -2.24. The maximum atomic E-state index is 14.4. The zero-order valence-corrected chi connectivity index (χ0v) is 14.7. The van der Waals surface area contributed by atoms with Gasteiger partial charge in [-0.25, -0.2) is 4.39 Å². The number of halogens is 2. The van der Waals surface area contributed by atoms with Gasteiger partial charge >= 0.3 is 0 Å². The van der Waals surface area contributed by atoms with Crippen molar-refractivity contribution in [2.24, 2.45) is 0 Å². The molecule has 8 heteroatoms. The van der Waals surface area contributed by atoms with E-state index in [2.05, 4.69) is 36.8 Å². The van der Waals surface area contributed by atoms with Gasteiger partial charge in [0.2, 0.25) is 5.95 Å². The minimum atomic E-state index is -0.458. The monoisotopic (exact) mass is 401 g/mol. The summed E-state index contributed by atoms with van der Waals surface area (Å²) in [6, 6.07) is 11.9. The van der Waals surface area contributed by atoms with Crippen LogP contribution in [0.3, 0.4) is 0 Å². The Bertz CT molecular complexity index is 954. The lowest BCUT2D eigenvalue weighted by molar-refractivity contribution is 0.415. The van der Waals surface area contributed by atoms with Gasteiger partial charge in [0.05, 0.1) is 7.11 Å². The molecule has 1 aliphatic heterocycles. The van der Waals surface area contributed by atoms with E-state index in [9.17, 15) is 4.39 Å². The summed E-state index contributed by atoms with van der Waals surface area (Å²) in [5, 5.41) is 14.9. The molecule has 6 nitrogen and oxygen atoms in total. The molecule has 0 saturated heterocycles. The highest BCUT2D eigenvalue weighted by Gasteiger charge is 2.26. The molecule has 0 bridgehead atoms. The molecular formula is C17H13BrFN5O. The zero-order chi connectivity index (χ0) is 17.4. The number of rotatable bonds is 3. The second-order valence-electron chi connectivity index (χ2n) is 5.49. The van der Waals surface area contributed by atoms with Gasteiger partial charge in [0.1, 0.15) is 17.6 Å². The number of tetrazole rings is 1. The van der Waals surface area contributed by atoms with Crippen molar-refractivity contribution < 1.29 is 9.13 Å². The summed E-state index contributed by atoms with van der Waals surface area (Å²) >= 11 is 3.39. The highest BCUT2D eigenvalue weighted by atomic mass is 79.9. The largest absolute Gasteiger partial charge is 0.497 e. The molecule has 1 aliphatic rings. The lowest BCUT2D eigenvalue weighted by Crippen LogP contribution is -2.21. The summed E-state index contributed by atoms with van der Waals surface area (Å²) in [4.78, 5) is 0. The predicted octanol–water partition coefficient (Wildman–Crippen LogP) is 3.64. The van der Waals surface area contributed by atoms with Gasteiger partial charge in [-0.2, -0.15) is 4.68 Å². The molecule has 3 aromatic rings. The van der Waals surface area contributed by atoms with Crippen LogP contribution >= 0.6 is 15.9 Å². The first-order valence-corrected chi connectivity index (χ1v) is 8.31. The van der Waals surface area contributed by atoms with Crippen LogP contribution in [0.15, 0.2) is 53.0 Å². The van der Waals surface area contributed by atoms with Crippen LogP contribution in [0, 0.1) is 5.82 Å². The average Bonchev–Trinajstić information content (AvgIpc) is 3.12. The molecule has 0 radical (unpaired) electrons. The highest BCUT2D eigenvalue weighted by Crippen LogP contribution is 2.34. The molecule has 1 atom stereocenters. The smallest absolute Gasteiger partial charge is 0.248 e. The first kappa shape index (κ1) is 15.8. The molecule has 0 unspecified atom stereocenters. The van der Waals surface area contributed by atoms with E-state index >= 15 is 0 Å². The number of ether oxygens (including phenoxy) is 1. The third kappa shape index (κ3) is 2.89. The molecule has 0 aliphatic carbocycles. The molecule has 0 spiro atoms. The number of nitrogens with zero attached hydrogens (tertiary/aromatic N) is 4. The number of allylic oxidation sites excluding steroid dienone is 1. The quantitative estimate of drug-likeness (QED) is 0.725. The first-order chi connectivity index (χ1) is 12.2. The van der Waals surface area contributed by atoms with E-state index in [1.807, 2.05) is 30.3 Å². The van der Waals surface area contributed by atoms with Crippen LogP contribution in [0.2, 0.25) is 0 Å². The van der Waals surface area contributed by atoms with E-state index in [0.717, 1.165) is 21.5 Å². The number of anilines is 1. The Labute approximate surface area is 151 Å². The van der Waals surface area contributed by atoms with Crippen molar-refractivity contribution >= 4 is 27.6 Å². The van der Waals surface area contributed by atoms with Crippen LogP contribution in [0.1, 0.15) is 17.2 Å². The molecular weight excluding hydrogens is 389 g/mol. The van der Waals surface area contributed by atoms with E-state index in [1.54, 1.807) is 23.9 Å². The Balaban J connectivity index is 1.81. The summed E-state index contributed by atoms with van der Waals surface area (Å²) < 4.78 is 21.9. The van der Waals surface area contributed by atoms with Crippen LogP contribution in [-0.2, 0) is 0 Å². The van der Waals surface area contributed by atoms with E-state index in [1.165, 1.54) is 6.07 Å². The zero-order valence-electron chi connectivity index (χ0n) is 13.1. The van der Waals surface area contributed by atoms with Crippen molar-refractivity contribution in [2.75, 3.05) is 12.4 Å². The standard InChI is InChI=1S/C17H13BrFN5O/c1-25-12-5-2-10(3-6-12)15-9-16(24-17(20-15)21-22-23-24)13-8-11(18)4-7-14(13)19/h2-9,16H,1H3,(H,20,21,23)/t16-/m0/s1. The number of benzene rings is 2. The molecule has 2 aromatic carbocycles. The predicted molar refractivity (Wildman–Crippen MR) is 94.6 cm³/mol. The molecule has 2 heterocycles. The van der Waals surface area contributed by atoms with Crippen LogP contribution in [0.4, 0.5) is 10.3 Å². The maximum absolute atomic E-state index is 14.4. The number of aromatic nitrogens is 4. The van der Waals surface area contributed by atoms with E-state index in [4.69, 9.17) is 4.74 Å². The Morgan fingerprint density at radius 3 is 2.76 bits per heavy atom. The van der Waals surface area contributed by atoms with E-state index in [0.29, 0.717) is 11.5 Å². The van der Waals surface area contributed by atoms with E-state index in [-0.39, 0.29) is 5.82 Å². The van der Waals surface area contributed by atoms with Crippen LogP contribution in [-0.4, -0.2) is 27.3 Å². The summed E-state index contributed by atoms with van der Waals surface area (Å²) in [7, 11) is 1.62. The van der Waals surface area contributed by atoms with Gasteiger partial charge in [-0.3, -0.25) is 0 Å². The molecule has 126 valence electrons. The molecule has 0 fully saturated rings. The lowest BCUT2D eigenvalue weighted by atomic mass is 10.0. The Morgan fingerprint density at radius 2 is 2.00 bits per heavy atom. The van der Waals surface area contributed by atoms with Gasteiger partial charge in [-0.15, -0.1) is 0 Å². The second kappa shape index (κ2) is 6.29. The number of nitrogens with one attached hydrogen (secondary N) is 1. The normalized spacial score (nSPS) is 16.0. The highest BCUT2D eigenvalue weighted by molar-refractivity contribution is 9.10. The Kier molecular flexibility index (Phi) is 3.96. The summed E-state index contributed by atoms with van der Waals surface area (Å²) in [5.74, 6) is 0.902. The maximum Gasteiger partial charge on any atom is 0.248 e. The van der Waals surface area contributed by atoms with Gasteiger partial charge in [0, 0.05) is 15.7 Å². The van der Waals surface area contributed by atoms with Crippen molar-refractivity contribution in [3.05, 3.63) is 70.0 Å². The number of hydrogen-bond acceptors (Lipinski definition) is 5. The van der Waals surface area contributed by atoms with Gasteiger partial charge in [-0.1, -0.05) is 21.0 Å². The first-order valence-electron chi connectivity index (χ1n) is 7.52. The Morgan fingerprint density at radius 1 is 1.20 bits per heavy atom. The molecule has 1 N–H and O–H groups in total. The number of methoxy groups -OCH3 is 1. The van der Waals surface area contributed by atoms with Crippen molar-refractivity contribution in [3.8, 4) is 5.75 Å². The summed E-state index contributed by atoms with van der Waals surface area (Å²) in [6.07, 6.45) is 1.90. The Hall–Kier alpha value is -2.74. The average molecular weight is 402 g/mol. The third-order valence-corrected chi connectivity index (χ3v) is 4.50. The molecule has 25 heavy (non-hydrogen) atoms. The fraction of sp³-hybridized carbons (Fsp3) is 0.118. The summed E-state index contributed by atoms with van der Waals surface area (Å²) in [5.41, 5.74) is 2.21. The summed E-state index contributed by atoms with van der Waals surface area (Å²) in [6.45, 7) is 0. The van der Waals surface area contributed by atoms with Crippen LogP contribution in [0.5, 0.6) is 5.75 Å². The van der Waals surface area contributed by atoms with Gasteiger partial charge in [-0.05, 0) is 64.5 Å². The van der Waals surface area contributed by atoms with E-state index < -0.39 is 6.04 Å². The second-order valence-corrected chi connectivity index (χ2v) is 6.41. The fourth-order valence-corrected chi connectivity index (χ4v) is 3.13. The SMILES string of the molecule is COc1ccc(C2=C[C@@H](c3cc(Br)ccc3F)n3nnnc3N2)cc1. The molecule has 0 amide bonds. The van der Waals surface area contributed by atoms with Gasteiger partial charge in [0.15, 0.2) is 0 Å².